The summed E-state index contributed by atoms with van der Waals surface area (Å²) >= 11 is 1.43. The molecular weight excluding hydrogens is 362 g/mol. The van der Waals surface area contributed by atoms with E-state index in [1.165, 1.54) is 11.8 Å². The monoisotopic (exact) mass is 393 g/mol. The van der Waals surface area contributed by atoms with Crippen molar-refractivity contribution in [2.75, 3.05) is 39.7 Å². The molecule has 0 bridgehead atoms. The highest BCUT2D eigenvalue weighted by Crippen LogP contribution is 2.25. The summed E-state index contributed by atoms with van der Waals surface area (Å²) in [5, 5.41) is 11.8. The van der Waals surface area contributed by atoms with Crippen LogP contribution >= 0.6 is 11.8 Å². The summed E-state index contributed by atoms with van der Waals surface area (Å²) in [7, 11) is 1.96. The predicted molar refractivity (Wildman–Crippen MR) is 109 cm³/mol. The second-order valence-corrected chi connectivity index (χ2v) is 9.00. The van der Waals surface area contributed by atoms with E-state index in [4.69, 9.17) is 13.9 Å². The van der Waals surface area contributed by atoms with Crippen LogP contribution in [0.3, 0.4) is 0 Å². The van der Waals surface area contributed by atoms with Gasteiger partial charge < -0.3 is 19.2 Å². The summed E-state index contributed by atoms with van der Waals surface area (Å²) in [6.07, 6.45) is 1.90. The van der Waals surface area contributed by atoms with E-state index in [1.54, 1.807) is 0 Å². The van der Waals surface area contributed by atoms with E-state index < -0.39 is 0 Å². The van der Waals surface area contributed by atoms with Crippen LogP contribution in [0.5, 0.6) is 5.75 Å². The molecular formula is C20H31N3O3S. The van der Waals surface area contributed by atoms with Crippen LogP contribution in [0.15, 0.2) is 33.9 Å². The predicted octanol–water partition coefficient (Wildman–Crippen LogP) is 4.13. The van der Waals surface area contributed by atoms with E-state index in [1.807, 2.05) is 37.6 Å². The molecule has 1 aromatic heterocycles. The Labute approximate surface area is 166 Å². The van der Waals surface area contributed by atoms with Gasteiger partial charge in [-0.3, -0.25) is 0 Å². The summed E-state index contributed by atoms with van der Waals surface area (Å²) in [6.45, 7) is 11.6. The van der Waals surface area contributed by atoms with Crippen LogP contribution in [0.1, 0.15) is 27.7 Å². The Morgan fingerprint density at radius 1 is 1.00 bits per heavy atom. The summed E-state index contributed by atoms with van der Waals surface area (Å²) in [5.74, 6) is 1.33. The van der Waals surface area contributed by atoms with E-state index in [0.29, 0.717) is 30.9 Å². The van der Waals surface area contributed by atoms with Gasteiger partial charge in [0.2, 0.25) is 5.89 Å². The van der Waals surface area contributed by atoms with E-state index in [-0.39, 0.29) is 10.8 Å². The number of hydrogen-bond donors (Lipinski definition) is 1. The lowest BCUT2D eigenvalue weighted by atomic mass is 9.93. The second kappa shape index (κ2) is 9.57. The number of thioether (sulfide) groups is 1. The molecule has 150 valence electrons. The van der Waals surface area contributed by atoms with Gasteiger partial charge in [-0.05, 0) is 37.6 Å². The maximum atomic E-state index is 5.96. The first-order valence-corrected chi connectivity index (χ1v) is 10.3. The van der Waals surface area contributed by atoms with Gasteiger partial charge in [0, 0.05) is 22.9 Å². The molecule has 2 aromatic rings. The van der Waals surface area contributed by atoms with Crippen LogP contribution in [0, 0.1) is 10.8 Å². The summed E-state index contributed by atoms with van der Waals surface area (Å²) in [4.78, 5) is 0. The quantitative estimate of drug-likeness (QED) is 0.576. The molecule has 0 unspecified atom stereocenters. The molecule has 0 aliphatic heterocycles. The molecule has 0 saturated heterocycles. The first-order valence-electron chi connectivity index (χ1n) is 9.08. The van der Waals surface area contributed by atoms with E-state index >= 15 is 0 Å². The Morgan fingerprint density at radius 2 is 1.67 bits per heavy atom. The van der Waals surface area contributed by atoms with E-state index in [9.17, 15) is 0 Å². The molecule has 27 heavy (non-hydrogen) atoms. The third-order valence-electron chi connectivity index (χ3n) is 3.95. The minimum absolute atomic E-state index is 0.0753. The van der Waals surface area contributed by atoms with Gasteiger partial charge in [-0.25, -0.2) is 0 Å². The molecule has 0 amide bonds. The summed E-state index contributed by atoms with van der Waals surface area (Å²) in [6, 6.07) is 7.70. The molecule has 0 radical (unpaired) electrons. The van der Waals surface area contributed by atoms with Gasteiger partial charge in [0.25, 0.3) is 5.22 Å². The van der Waals surface area contributed by atoms with Crippen LogP contribution < -0.4 is 10.1 Å². The lowest BCUT2D eigenvalue weighted by molar-refractivity contribution is -0.000577. The standard InChI is InChI=1S/C20H31N3O3S/c1-19(2,11-21-5)12-24-13-20(3,4)14-25-16-9-7-15(8-10-16)17-22-23-18(26-17)27-6/h7-10,21H,11-14H2,1-6H3. The van der Waals surface area contributed by atoms with Crippen molar-refractivity contribution in [3.05, 3.63) is 24.3 Å². The van der Waals surface area contributed by atoms with E-state index in [0.717, 1.165) is 17.9 Å². The Hall–Kier alpha value is -1.57. The minimum atomic E-state index is -0.0753. The number of rotatable bonds is 11. The molecule has 1 heterocycles. The van der Waals surface area contributed by atoms with Gasteiger partial charge in [0.05, 0.1) is 19.8 Å². The van der Waals surface area contributed by atoms with Gasteiger partial charge in [-0.1, -0.05) is 39.5 Å². The van der Waals surface area contributed by atoms with Crippen LogP contribution in [0.25, 0.3) is 11.5 Å². The summed E-state index contributed by atoms with van der Waals surface area (Å²) < 4.78 is 17.4. The van der Waals surface area contributed by atoms with Gasteiger partial charge in [-0.15, -0.1) is 10.2 Å². The van der Waals surface area contributed by atoms with Crippen molar-refractivity contribution in [1.82, 2.24) is 15.5 Å². The number of ether oxygens (including phenoxy) is 2. The average molecular weight is 394 g/mol. The average Bonchev–Trinajstić information content (AvgIpc) is 3.09. The molecule has 6 nitrogen and oxygen atoms in total. The number of benzene rings is 1. The van der Waals surface area contributed by atoms with Crippen LogP contribution in [0.4, 0.5) is 0 Å². The molecule has 1 N–H and O–H groups in total. The molecule has 0 saturated carbocycles. The summed E-state index contributed by atoms with van der Waals surface area (Å²) in [5.41, 5.74) is 0.921. The normalized spacial score (nSPS) is 12.4. The molecule has 0 aliphatic carbocycles. The largest absolute Gasteiger partial charge is 0.493 e. The molecule has 1 aromatic carbocycles. The number of aromatic nitrogens is 2. The lowest BCUT2D eigenvalue weighted by Crippen LogP contribution is -2.34. The third-order valence-corrected chi connectivity index (χ3v) is 4.47. The number of nitrogens with zero attached hydrogens (tertiary/aromatic N) is 2. The third kappa shape index (κ3) is 7.16. The Bertz CT molecular complexity index is 699. The van der Waals surface area contributed by atoms with Crippen molar-refractivity contribution in [3.63, 3.8) is 0 Å². The zero-order valence-corrected chi connectivity index (χ0v) is 18.0. The van der Waals surface area contributed by atoms with Crippen LogP contribution in [-0.2, 0) is 4.74 Å². The van der Waals surface area contributed by atoms with Crippen molar-refractivity contribution >= 4 is 11.8 Å². The van der Waals surface area contributed by atoms with Crippen molar-refractivity contribution in [3.8, 4) is 17.2 Å². The van der Waals surface area contributed by atoms with Gasteiger partial charge in [0.15, 0.2) is 0 Å². The van der Waals surface area contributed by atoms with Crippen molar-refractivity contribution < 1.29 is 13.9 Å². The number of nitrogens with one attached hydrogen (secondary N) is 1. The van der Waals surface area contributed by atoms with Gasteiger partial charge in [0.1, 0.15) is 5.75 Å². The fourth-order valence-electron chi connectivity index (χ4n) is 2.56. The fourth-order valence-corrected chi connectivity index (χ4v) is 2.84. The maximum Gasteiger partial charge on any atom is 0.276 e. The van der Waals surface area contributed by atoms with Crippen molar-refractivity contribution in [2.45, 2.75) is 32.9 Å². The fraction of sp³-hybridized carbons (Fsp3) is 0.600. The molecule has 0 spiro atoms. The van der Waals surface area contributed by atoms with Crippen molar-refractivity contribution in [1.29, 1.82) is 0 Å². The topological polar surface area (TPSA) is 69.4 Å². The van der Waals surface area contributed by atoms with Gasteiger partial charge in [-0.2, -0.15) is 0 Å². The highest BCUT2D eigenvalue weighted by atomic mass is 32.2. The van der Waals surface area contributed by atoms with Crippen LogP contribution in [0.2, 0.25) is 0 Å². The Morgan fingerprint density at radius 3 is 2.26 bits per heavy atom. The zero-order chi connectivity index (χ0) is 19.9. The molecule has 7 heteroatoms. The first-order chi connectivity index (χ1) is 12.7. The van der Waals surface area contributed by atoms with Crippen LogP contribution in [-0.4, -0.2) is 49.9 Å². The molecule has 0 aliphatic rings. The van der Waals surface area contributed by atoms with E-state index in [2.05, 4.69) is 43.2 Å². The first kappa shape index (κ1) is 21.7. The molecule has 2 rings (SSSR count). The highest BCUT2D eigenvalue weighted by molar-refractivity contribution is 7.98. The Balaban J connectivity index is 1.82. The maximum absolute atomic E-state index is 5.96. The molecule has 0 atom stereocenters. The second-order valence-electron chi connectivity index (χ2n) is 8.24. The highest BCUT2D eigenvalue weighted by Gasteiger charge is 2.23. The van der Waals surface area contributed by atoms with Gasteiger partial charge >= 0.3 is 0 Å². The smallest absolute Gasteiger partial charge is 0.276 e. The SMILES string of the molecule is CNCC(C)(C)COCC(C)(C)COc1ccc(-c2nnc(SC)o2)cc1. The minimum Gasteiger partial charge on any atom is -0.493 e. The zero-order valence-electron chi connectivity index (χ0n) is 17.2. The molecule has 0 fully saturated rings. The van der Waals surface area contributed by atoms with Crippen molar-refractivity contribution in [2.24, 2.45) is 10.8 Å². The Kier molecular flexibility index (Phi) is 7.70. The number of hydrogen-bond acceptors (Lipinski definition) is 7. The lowest BCUT2D eigenvalue weighted by Gasteiger charge is -2.29.